The fourth-order valence-corrected chi connectivity index (χ4v) is 2.10. The van der Waals surface area contributed by atoms with E-state index in [0.29, 0.717) is 22.7 Å². The molecule has 0 spiro atoms. The molecule has 1 aliphatic rings. The zero-order valence-electron chi connectivity index (χ0n) is 9.78. The predicted octanol–water partition coefficient (Wildman–Crippen LogP) is 2.72. The molecule has 18 heavy (non-hydrogen) atoms. The Labute approximate surface area is 111 Å². The highest BCUT2D eigenvalue weighted by Gasteiger charge is 2.19. The van der Waals surface area contributed by atoms with Crippen molar-refractivity contribution < 1.29 is 9.53 Å². The first-order valence-electron chi connectivity index (χ1n) is 5.80. The summed E-state index contributed by atoms with van der Waals surface area (Å²) in [6.07, 6.45) is 2.22. The lowest BCUT2D eigenvalue weighted by molar-refractivity contribution is -0.118. The Kier molecular flexibility index (Phi) is 4.19. The summed E-state index contributed by atoms with van der Waals surface area (Å²) >= 11 is 5.84. The molecule has 1 aromatic rings. The van der Waals surface area contributed by atoms with Gasteiger partial charge < -0.3 is 10.1 Å². The molecule has 0 bridgehead atoms. The summed E-state index contributed by atoms with van der Waals surface area (Å²) in [6.45, 7) is 0.721. The number of amides is 1. The van der Waals surface area contributed by atoms with Gasteiger partial charge in [-0.1, -0.05) is 11.6 Å². The molecule has 0 aliphatic carbocycles. The van der Waals surface area contributed by atoms with E-state index in [-0.39, 0.29) is 12.0 Å². The van der Waals surface area contributed by atoms with E-state index in [4.69, 9.17) is 21.6 Å². The minimum atomic E-state index is -0.152. The number of carbonyl (C=O) groups excluding carboxylic acids is 1. The minimum absolute atomic E-state index is 0.00489. The first-order chi connectivity index (χ1) is 8.69. The number of halogens is 1. The molecule has 0 radical (unpaired) electrons. The van der Waals surface area contributed by atoms with Crippen LogP contribution in [0.3, 0.4) is 0 Å². The number of nitrogens with zero attached hydrogens (tertiary/aromatic N) is 1. The molecule has 94 valence electrons. The summed E-state index contributed by atoms with van der Waals surface area (Å²) in [7, 11) is 0. The number of ether oxygens (including phenoxy) is 1. The van der Waals surface area contributed by atoms with Crippen molar-refractivity contribution in [3.63, 3.8) is 0 Å². The molecule has 1 N–H and O–H groups in total. The largest absolute Gasteiger partial charge is 0.378 e. The smallest absolute Gasteiger partial charge is 0.227 e. The second-order valence-corrected chi connectivity index (χ2v) is 4.63. The van der Waals surface area contributed by atoms with Gasteiger partial charge in [0.05, 0.1) is 23.8 Å². The van der Waals surface area contributed by atoms with Gasteiger partial charge in [0, 0.05) is 11.6 Å². The summed E-state index contributed by atoms with van der Waals surface area (Å²) in [4.78, 5) is 11.8. The molecule has 1 saturated heterocycles. The maximum atomic E-state index is 11.8. The van der Waals surface area contributed by atoms with E-state index >= 15 is 0 Å². The first-order valence-corrected chi connectivity index (χ1v) is 6.18. The number of anilines is 1. The highest BCUT2D eigenvalue weighted by molar-refractivity contribution is 6.31. The number of benzene rings is 1. The number of hydrogen-bond donors (Lipinski definition) is 1. The third-order valence-corrected chi connectivity index (χ3v) is 3.05. The number of nitrogens with one attached hydrogen (secondary N) is 1. The third-order valence-electron chi connectivity index (χ3n) is 2.81. The molecule has 2 rings (SSSR count). The Bertz CT molecular complexity index is 490. The van der Waals surface area contributed by atoms with Gasteiger partial charge in [-0.15, -0.1) is 0 Å². The SMILES string of the molecule is N#Cc1ccc(Cl)cc1NC(=O)CC1CCCO1. The molecule has 1 aromatic carbocycles. The minimum Gasteiger partial charge on any atom is -0.378 e. The second kappa shape index (κ2) is 5.85. The molecule has 0 aromatic heterocycles. The monoisotopic (exact) mass is 264 g/mol. The molecule has 4 nitrogen and oxygen atoms in total. The van der Waals surface area contributed by atoms with Crippen molar-refractivity contribution >= 4 is 23.2 Å². The average Bonchev–Trinajstić information content (AvgIpc) is 2.82. The van der Waals surface area contributed by atoms with Crippen molar-refractivity contribution in [2.75, 3.05) is 11.9 Å². The zero-order chi connectivity index (χ0) is 13.0. The third kappa shape index (κ3) is 3.22. The lowest BCUT2D eigenvalue weighted by Crippen LogP contribution is -2.19. The quantitative estimate of drug-likeness (QED) is 0.913. The van der Waals surface area contributed by atoms with Crippen LogP contribution in [0.25, 0.3) is 0 Å². The van der Waals surface area contributed by atoms with Crippen LogP contribution >= 0.6 is 11.6 Å². The number of nitriles is 1. The standard InChI is InChI=1S/C13H13ClN2O2/c14-10-4-3-9(8-15)12(6-10)16-13(17)7-11-2-1-5-18-11/h3-4,6,11H,1-2,5,7H2,(H,16,17). The lowest BCUT2D eigenvalue weighted by atomic mass is 10.1. The molecule has 1 fully saturated rings. The van der Waals surface area contributed by atoms with Gasteiger partial charge in [-0.3, -0.25) is 4.79 Å². The van der Waals surface area contributed by atoms with Gasteiger partial charge in [0.1, 0.15) is 6.07 Å². The first kappa shape index (κ1) is 12.9. The van der Waals surface area contributed by atoms with Gasteiger partial charge in [0.2, 0.25) is 5.91 Å². The van der Waals surface area contributed by atoms with Gasteiger partial charge >= 0.3 is 0 Å². The van der Waals surface area contributed by atoms with Crippen molar-refractivity contribution in [1.29, 1.82) is 5.26 Å². The molecule has 1 unspecified atom stereocenters. The van der Waals surface area contributed by atoms with Gasteiger partial charge in [0.25, 0.3) is 0 Å². The Morgan fingerprint density at radius 3 is 3.11 bits per heavy atom. The lowest BCUT2D eigenvalue weighted by Gasteiger charge is -2.11. The molecule has 1 heterocycles. The molecule has 1 amide bonds. The van der Waals surface area contributed by atoms with E-state index in [2.05, 4.69) is 5.32 Å². The normalized spacial score (nSPS) is 18.3. The summed E-state index contributed by atoms with van der Waals surface area (Å²) in [5.74, 6) is -0.152. The Hall–Kier alpha value is -1.57. The summed E-state index contributed by atoms with van der Waals surface area (Å²) in [5.41, 5.74) is 0.855. The van der Waals surface area contributed by atoms with Crippen LogP contribution in [0.15, 0.2) is 18.2 Å². The van der Waals surface area contributed by atoms with Crippen LogP contribution in [0.4, 0.5) is 5.69 Å². The highest BCUT2D eigenvalue weighted by Crippen LogP contribution is 2.21. The molecular formula is C13H13ClN2O2. The molecule has 1 aliphatic heterocycles. The van der Waals surface area contributed by atoms with E-state index in [1.807, 2.05) is 6.07 Å². The van der Waals surface area contributed by atoms with Crippen molar-refractivity contribution in [2.24, 2.45) is 0 Å². The maximum Gasteiger partial charge on any atom is 0.227 e. The summed E-state index contributed by atoms with van der Waals surface area (Å²) in [5, 5.41) is 12.1. The fourth-order valence-electron chi connectivity index (χ4n) is 1.93. The molecule has 5 heteroatoms. The molecule has 0 saturated carbocycles. The fraction of sp³-hybridized carbons (Fsp3) is 0.385. The Morgan fingerprint density at radius 2 is 2.44 bits per heavy atom. The van der Waals surface area contributed by atoms with Crippen molar-refractivity contribution in [3.8, 4) is 6.07 Å². The zero-order valence-corrected chi connectivity index (χ0v) is 10.5. The van der Waals surface area contributed by atoms with E-state index in [0.717, 1.165) is 19.4 Å². The predicted molar refractivity (Wildman–Crippen MR) is 68.4 cm³/mol. The maximum absolute atomic E-state index is 11.8. The topological polar surface area (TPSA) is 62.1 Å². The van der Waals surface area contributed by atoms with Crippen LogP contribution in [0, 0.1) is 11.3 Å². The van der Waals surface area contributed by atoms with Crippen molar-refractivity contribution in [1.82, 2.24) is 0 Å². The van der Waals surface area contributed by atoms with Crippen LogP contribution in [-0.4, -0.2) is 18.6 Å². The van der Waals surface area contributed by atoms with E-state index < -0.39 is 0 Å². The summed E-state index contributed by atoms with van der Waals surface area (Å²) < 4.78 is 5.39. The summed E-state index contributed by atoms with van der Waals surface area (Å²) in [6, 6.07) is 6.80. The van der Waals surface area contributed by atoms with Crippen LogP contribution in [0.5, 0.6) is 0 Å². The highest BCUT2D eigenvalue weighted by atomic mass is 35.5. The Balaban J connectivity index is 2.02. The van der Waals surface area contributed by atoms with Gasteiger partial charge in [-0.05, 0) is 31.0 Å². The van der Waals surface area contributed by atoms with Crippen LogP contribution in [0.2, 0.25) is 5.02 Å². The van der Waals surface area contributed by atoms with Crippen LogP contribution in [0.1, 0.15) is 24.8 Å². The molecule has 1 atom stereocenters. The van der Waals surface area contributed by atoms with E-state index in [1.54, 1.807) is 18.2 Å². The van der Waals surface area contributed by atoms with Gasteiger partial charge in [-0.25, -0.2) is 0 Å². The van der Waals surface area contributed by atoms with Crippen LogP contribution in [-0.2, 0) is 9.53 Å². The van der Waals surface area contributed by atoms with Crippen molar-refractivity contribution in [3.05, 3.63) is 28.8 Å². The number of carbonyl (C=O) groups is 1. The van der Waals surface area contributed by atoms with Crippen LogP contribution < -0.4 is 5.32 Å². The number of hydrogen-bond acceptors (Lipinski definition) is 3. The van der Waals surface area contributed by atoms with E-state index in [1.165, 1.54) is 0 Å². The van der Waals surface area contributed by atoms with Gasteiger partial charge in [0.15, 0.2) is 0 Å². The second-order valence-electron chi connectivity index (χ2n) is 4.19. The molecular weight excluding hydrogens is 252 g/mol. The average molecular weight is 265 g/mol. The number of rotatable bonds is 3. The van der Waals surface area contributed by atoms with Crippen molar-refractivity contribution in [2.45, 2.75) is 25.4 Å². The van der Waals surface area contributed by atoms with E-state index in [9.17, 15) is 4.79 Å². The Morgan fingerprint density at radius 1 is 1.61 bits per heavy atom. The van der Waals surface area contributed by atoms with Gasteiger partial charge in [-0.2, -0.15) is 5.26 Å².